The van der Waals surface area contributed by atoms with E-state index in [1.165, 1.54) is 11.3 Å². The third-order valence-electron chi connectivity index (χ3n) is 4.25. The Morgan fingerprint density at radius 2 is 2.12 bits per heavy atom. The van der Waals surface area contributed by atoms with Gasteiger partial charge in [0.1, 0.15) is 4.21 Å². The highest BCUT2D eigenvalue weighted by Crippen LogP contribution is 2.31. The predicted octanol–water partition coefficient (Wildman–Crippen LogP) is 2.94. The minimum absolute atomic E-state index is 0.0161. The van der Waals surface area contributed by atoms with E-state index in [2.05, 4.69) is 0 Å². The van der Waals surface area contributed by atoms with Gasteiger partial charge >= 0.3 is 5.97 Å². The predicted molar refractivity (Wildman–Crippen MR) is 92.8 cm³/mol. The fraction of sp³-hybridized carbons (Fsp3) is 0.353. The Morgan fingerprint density at radius 1 is 1.29 bits per heavy atom. The Morgan fingerprint density at radius 3 is 2.83 bits per heavy atom. The van der Waals surface area contributed by atoms with Crippen LogP contribution in [0.5, 0.6) is 0 Å². The fourth-order valence-electron chi connectivity index (χ4n) is 3.10. The monoisotopic (exact) mass is 365 g/mol. The van der Waals surface area contributed by atoms with Crippen molar-refractivity contribution in [1.29, 1.82) is 0 Å². The largest absolute Gasteiger partial charge is 0.481 e. The maximum Gasteiger partial charge on any atom is 0.307 e. The number of piperidine rings is 1. The number of carboxylic acids is 1. The van der Waals surface area contributed by atoms with Gasteiger partial charge in [-0.2, -0.15) is 4.31 Å². The molecule has 2 aromatic rings. The van der Waals surface area contributed by atoms with Gasteiger partial charge in [0.25, 0.3) is 10.0 Å². The van der Waals surface area contributed by atoms with E-state index in [-0.39, 0.29) is 12.3 Å². The zero-order chi connectivity index (χ0) is 17.2. The zero-order valence-electron chi connectivity index (χ0n) is 13.1. The van der Waals surface area contributed by atoms with E-state index in [1.807, 2.05) is 18.2 Å². The summed E-state index contributed by atoms with van der Waals surface area (Å²) in [5.41, 5.74) is 1.76. The molecule has 5 nitrogen and oxygen atoms in total. The van der Waals surface area contributed by atoms with Crippen LogP contribution in [0.25, 0.3) is 0 Å². The Balaban J connectivity index is 1.80. The molecule has 0 spiro atoms. The summed E-state index contributed by atoms with van der Waals surface area (Å²) in [5.74, 6) is -0.764. The molecule has 0 saturated carbocycles. The third-order valence-corrected chi connectivity index (χ3v) is 7.49. The van der Waals surface area contributed by atoms with E-state index >= 15 is 0 Å². The first-order valence-electron chi connectivity index (χ1n) is 7.81. The second kappa shape index (κ2) is 7.04. The highest BCUT2D eigenvalue weighted by molar-refractivity contribution is 7.91. The van der Waals surface area contributed by atoms with Crippen LogP contribution in [0.3, 0.4) is 0 Å². The second-order valence-electron chi connectivity index (χ2n) is 5.95. The molecule has 128 valence electrons. The number of hydrogen-bond acceptors (Lipinski definition) is 4. The SMILES string of the molecule is O=C(O)Cc1cccc(C2CCCN(S(=O)(=O)c3cccs3)C2)c1. The van der Waals surface area contributed by atoms with Gasteiger partial charge in [-0.3, -0.25) is 4.79 Å². The molecule has 24 heavy (non-hydrogen) atoms. The summed E-state index contributed by atoms with van der Waals surface area (Å²) in [7, 11) is -3.43. The van der Waals surface area contributed by atoms with Gasteiger partial charge in [0.2, 0.25) is 0 Å². The van der Waals surface area contributed by atoms with E-state index in [9.17, 15) is 13.2 Å². The van der Waals surface area contributed by atoms with Crippen molar-refractivity contribution in [1.82, 2.24) is 4.31 Å². The number of sulfonamides is 1. The molecule has 1 aromatic heterocycles. The molecule has 1 aliphatic heterocycles. The minimum Gasteiger partial charge on any atom is -0.481 e. The summed E-state index contributed by atoms with van der Waals surface area (Å²) >= 11 is 1.23. The number of thiophene rings is 1. The number of aliphatic carboxylic acids is 1. The maximum atomic E-state index is 12.7. The molecular weight excluding hydrogens is 346 g/mol. The van der Waals surface area contributed by atoms with Gasteiger partial charge in [0, 0.05) is 13.1 Å². The first kappa shape index (κ1) is 17.1. The van der Waals surface area contributed by atoms with Crippen LogP contribution < -0.4 is 0 Å². The summed E-state index contributed by atoms with van der Waals surface area (Å²) < 4.78 is 27.3. The molecule has 7 heteroatoms. The van der Waals surface area contributed by atoms with Crippen molar-refractivity contribution >= 4 is 27.3 Å². The van der Waals surface area contributed by atoms with Gasteiger partial charge in [-0.25, -0.2) is 8.42 Å². The molecule has 1 aliphatic rings. The molecule has 1 unspecified atom stereocenters. The van der Waals surface area contributed by atoms with Crippen LogP contribution in [0.4, 0.5) is 0 Å². The standard InChI is InChI=1S/C17H19NO4S2/c19-16(20)11-13-4-1-5-14(10-13)15-6-2-8-18(12-15)24(21,22)17-7-3-9-23-17/h1,3-5,7,9-10,15H,2,6,8,11-12H2,(H,19,20). The normalized spacial score (nSPS) is 19.2. The quantitative estimate of drug-likeness (QED) is 0.884. The lowest BCUT2D eigenvalue weighted by molar-refractivity contribution is -0.136. The van der Waals surface area contributed by atoms with Gasteiger partial charge in [0.05, 0.1) is 6.42 Å². The van der Waals surface area contributed by atoms with Gasteiger partial charge < -0.3 is 5.11 Å². The lowest BCUT2D eigenvalue weighted by Gasteiger charge is -2.32. The van der Waals surface area contributed by atoms with Gasteiger partial charge in [-0.15, -0.1) is 11.3 Å². The fourth-order valence-corrected chi connectivity index (χ4v) is 5.77. The summed E-state index contributed by atoms with van der Waals surface area (Å²) in [5, 5.41) is 10.7. The van der Waals surface area contributed by atoms with Crippen molar-refractivity contribution in [2.45, 2.75) is 29.4 Å². The molecule has 1 aromatic carbocycles. The van der Waals surface area contributed by atoms with E-state index in [4.69, 9.17) is 5.11 Å². The van der Waals surface area contributed by atoms with Crippen LogP contribution in [0.2, 0.25) is 0 Å². The summed E-state index contributed by atoms with van der Waals surface area (Å²) in [6.45, 7) is 0.975. The molecule has 1 atom stereocenters. The molecular formula is C17H19NO4S2. The Bertz CT molecular complexity index is 815. The van der Waals surface area contributed by atoms with Crippen LogP contribution in [0.15, 0.2) is 46.0 Å². The van der Waals surface area contributed by atoms with E-state index < -0.39 is 16.0 Å². The number of carboxylic acid groups (broad SMARTS) is 1. The van der Waals surface area contributed by atoms with Gasteiger partial charge in [0.15, 0.2) is 0 Å². The average molecular weight is 365 g/mol. The van der Waals surface area contributed by atoms with Gasteiger partial charge in [-0.1, -0.05) is 30.3 Å². The van der Waals surface area contributed by atoms with Crippen molar-refractivity contribution in [2.24, 2.45) is 0 Å². The summed E-state index contributed by atoms with van der Waals surface area (Å²) in [6.07, 6.45) is 1.70. The molecule has 2 heterocycles. The van der Waals surface area contributed by atoms with E-state index in [0.29, 0.717) is 17.3 Å². The molecule has 0 amide bonds. The molecule has 0 radical (unpaired) electrons. The Labute approximate surface area is 145 Å². The van der Waals surface area contributed by atoms with Crippen LogP contribution >= 0.6 is 11.3 Å². The van der Waals surface area contributed by atoms with Crippen LogP contribution in [0.1, 0.15) is 29.9 Å². The van der Waals surface area contributed by atoms with Crippen molar-refractivity contribution in [2.75, 3.05) is 13.1 Å². The highest BCUT2D eigenvalue weighted by Gasteiger charge is 2.31. The first-order valence-corrected chi connectivity index (χ1v) is 10.1. The van der Waals surface area contributed by atoms with Crippen LogP contribution in [-0.4, -0.2) is 36.9 Å². The first-order chi connectivity index (χ1) is 11.5. The highest BCUT2D eigenvalue weighted by atomic mass is 32.2. The van der Waals surface area contributed by atoms with Crippen molar-refractivity contribution in [3.05, 3.63) is 52.9 Å². The second-order valence-corrected chi connectivity index (χ2v) is 9.06. The van der Waals surface area contributed by atoms with Crippen molar-refractivity contribution < 1.29 is 18.3 Å². The number of hydrogen-bond donors (Lipinski definition) is 1. The molecule has 1 saturated heterocycles. The smallest absolute Gasteiger partial charge is 0.307 e. The lowest BCUT2D eigenvalue weighted by atomic mass is 9.90. The zero-order valence-corrected chi connectivity index (χ0v) is 14.7. The summed E-state index contributed by atoms with van der Waals surface area (Å²) in [4.78, 5) is 10.9. The minimum atomic E-state index is -3.43. The van der Waals surface area contributed by atoms with Crippen molar-refractivity contribution in [3.63, 3.8) is 0 Å². The van der Waals surface area contributed by atoms with E-state index in [0.717, 1.165) is 24.0 Å². The maximum absolute atomic E-state index is 12.7. The molecule has 0 aliphatic carbocycles. The van der Waals surface area contributed by atoms with Gasteiger partial charge in [-0.05, 0) is 41.3 Å². The number of rotatable bonds is 5. The summed E-state index contributed by atoms with van der Waals surface area (Å²) in [6, 6.07) is 10.9. The number of nitrogens with zero attached hydrogens (tertiary/aromatic N) is 1. The molecule has 1 N–H and O–H groups in total. The van der Waals surface area contributed by atoms with Crippen LogP contribution in [-0.2, 0) is 21.2 Å². The Hall–Kier alpha value is -1.70. The van der Waals surface area contributed by atoms with Crippen LogP contribution in [0, 0.1) is 0 Å². The molecule has 0 bridgehead atoms. The lowest BCUT2D eigenvalue weighted by Crippen LogP contribution is -2.38. The third kappa shape index (κ3) is 3.68. The Kier molecular flexibility index (Phi) is 5.03. The number of carbonyl (C=O) groups is 1. The average Bonchev–Trinajstić information content (AvgIpc) is 3.10. The van der Waals surface area contributed by atoms with E-state index in [1.54, 1.807) is 27.9 Å². The molecule has 1 fully saturated rings. The topological polar surface area (TPSA) is 74.7 Å². The number of benzene rings is 1. The van der Waals surface area contributed by atoms with Crippen molar-refractivity contribution in [3.8, 4) is 0 Å². The molecule has 3 rings (SSSR count).